The van der Waals surface area contributed by atoms with Gasteiger partial charge in [-0.1, -0.05) is 43.4 Å². The van der Waals surface area contributed by atoms with E-state index in [0.29, 0.717) is 36.8 Å². The van der Waals surface area contributed by atoms with E-state index in [9.17, 15) is 20.1 Å². The van der Waals surface area contributed by atoms with Gasteiger partial charge in [0, 0.05) is 25.2 Å². The topological polar surface area (TPSA) is 115 Å². The van der Waals surface area contributed by atoms with Gasteiger partial charge in [-0.25, -0.2) is 0 Å². The molecule has 2 saturated heterocycles. The van der Waals surface area contributed by atoms with E-state index in [1.165, 1.54) is 0 Å². The van der Waals surface area contributed by atoms with E-state index in [4.69, 9.17) is 18.9 Å². The number of hydrogen-bond donors (Lipinski definition) is 3. The molecule has 5 rings (SSSR count). The van der Waals surface area contributed by atoms with Crippen LogP contribution in [0.1, 0.15) is 60.3 Å². The molecule has 0 aromatic carbocycles. The van der Waals surface area contributed by atoms with Gasteiger partial charge < -0.3 is 34.3 Å². The monoisotopic (exact) mass is 542 g/mol. The zero-order valence-electron chi connectivity index (χ0n) is 23.5. The minimum atomic E-state index is -1.76. The molecule has 0 amide bonds. The third-order valence-corrected chi connectivity index (χ3v) is 9.15. The smallest absolute Gasteiger partial charge is 0.316 e. The van der Waals surface area contributed by atoms with Gasteiger partial charge >= 0.3 is 5.97 Å². The summed E-state index contributed by atoms with van der Waals surface area (Å²) in [5.74, 6) is -2.73. The number of aliphatic hydroxyl groups is 3. The van der Waals surface area contributed by atoms with Gasteiger partial charge in [0.05, 0.1) is 24.9 Å². The second-order valence-electron chi connectivity index (χ2n) is 12.0. The summed E-state index contributed by atoms with van der Waals surface area (Å²) >= 11 is 0. The second kappa shape index (κ2) is 10.7. The third kappa shape index (κ3) is 5.23. The zero-order valence-corrected chi connectivity index (χ0v) is 23.5. The van der Waals surface area contributed by atoms with Crippen molar-refractivity contribution in [1.82, 2.24) is 0 Å². The first-order valence-corrected chi connectivity index (χ1v) is 14.1. The maximum Gasteiger partial charge on any atom is 0.316 e. The minimum Gasteiger partial charge on any atom is -0.462 e. The molecule has 0 saturated carbocycles. The first-order chi connectivity index (χ1) is 18.4. The van der Waals surface area contributed by atoms with Crippen molar-refractivity contribution in [2.45, 2.75) is 108 Å². The van der Waals surface area contributed by atoms with Gasteiger partial charge in [0.15, 0.2) is 5.79 Å². The summed E-state index contributed by atoms with van der Waals surface area (Å²) in [7, 11) is 0. The highest BCUT2D eigenvalue weighted by atomic mass is 16.7. The molecule has 5 aliphatic rings. The van der Waals surface area contributed by atoms with Crippen molar-refractivity contribution in [3.63, 3.8) is 0 Å². The van der Waals surface area contributed by atoms with Crippen molar-refractivity contribution in [2.24, 2.45) is 11.8 Å². The highest BCUT2D eigenvalue weighted by Crippen LogP contribution is 2.46. The van der Waals surface area contributed by atoms with Crippen LogP contribution in [0.5, 0.6) is 0 Å². The van der Waals surface area contributed by atoms with Crippen molar-refractivity contribution in [2.75, 3.05) is 6.61 Å². The molecule has 4 heterocycles. The Morgan fingerprint density at radius 3 is 2.49 bits per heavy atom. The Balaban J connectivity index is 1.54. The summed E-state index contributed by atoms with van der Waals surface area (Å²) in [6.45, 7) is 9.64. The second-order valence-corrected chi connectivity index (χ2v) is 12.0. The van der Waals surface area contributed by atoms with E-state index < -0.39 is 47.7 Å². The fourth-order valence-electron chi connectivity index (χ4n) is 6.52. The van der Waals surface area contributed by atoms with Crippen LogP contribution in [0.2, 0.25) is 0 Å². The van der Waals surface area contributed by atoms with E-state index in [2.05, 4.69) is 6.08 Å². The van der Waals surface area contributed by atoms with E-state index in [-0.39, 0.29) is 24.7 Å². The Labute approximate surface area is 230 Å². The minimum absolute atomic E-state index is 0.0726. The average Bonchev–Trinajstić information content (AvgIpc) is 3.23. The molecule has 8 nitrogen and oxygen atoms in total. The Kier molecular flexibility index (Phi) is 7.83. The molecular weight excluding hydrogens is 500 g/mol. The van der Waals surface area contributed by atoms with E-state index in [0.717, 1.165) is 11.1 Å². The van der Waals surface area contributed by atoms with Gasteiger partial charge in [-0.05, 0) is 56.4 Å². The third-order valence-electron chi connectivity index (χ3n) is 9.15. The van der Waals surface area contributed by atoms with Crippen LogP contribution in [-0.4, -0.2) is 75.9 Å². The number of carbonyl (C=O) groups is 1. The zero-order chi connectivity index (χ0) is 28.1. The Hall–Kier alpha value is -2.07. The molecule has 3 N–H and O–H groups in total. The highest BCUT2D eigenvalue weighted by Gasteiger charge is 2.60. The van der Waals surface area contributed by atoms with Crippen molar-refractivity contribution < 1.29 is 39.1 Å². The van der Waals surface area contributed by atoms with Crippen LogP contribution in [0.25, 0.3) is 0 Å². The van der Waals surface area contributed by atoms with Crippen LogP contribution in [0.3, 0.4) is 0 Å². The fraction of sp³-hybridized carbons (Fsp3) is 0.645. The molecule has 8 heteroatoms. The van der Waals surface area contributed by atoms with Crippen LogP contribution < -0.4 is 0 Å². The van der Waals surface area contributed by atoms with Gasteiger partial charge in [0.1, 0.15) is 29.8 Å². The van der Waals surface area contributed by atoms with Crippen LogP contribution in [0.15, 0.2) is 58.7 Å². The number of hydrogen-bond acceptors (Lipinski definition) is 8. The maximum atomic E-state index is 13.8. The van der Waals surface area contributed by atoms with E-state index >= 15 is 0 Å². The summed E-state index contributed by atoms with van der Waals surface area (Å²) < 4.78 is 24.9. The molecule has 2 bridgehead atoms. The Morgan fingerprint density at radius 1 is 0.974 bits per heavy atom. The SMILES string of the molecule is CC1=C[C@H]2C(=O)O[C@H]3C[C@@H](C/C=C(\C)[C@@H](O)[C@@H](C)/C=C/C=C4\CO[C@H]([C@@H]1O)[C@@]42O)O[C@@]1(CC=C(C)[C@@H](C)O1)C3. The first-order valence-electron chi connectivity index (χ1n) is 14.1. The average molecular weight is 543 g/mol. The quantitative estimate of drug-likeness (QED) is 0.315. The fourth-order valence-corrected chi connectivity index (χ4v) is 6.52. The molecule has 0 aromatic heterocycles. The number of rotatable bonds is 0. The van der Waals surface area contributed by atoms with E-state index in [1.807, 2.05) is 39.8 Å². The number of esters is 1. The summed E-state index contributed by atoms with van der Waals surface area (Å²) in [5.41, 5.74) is 1.25. The largest absolute Gasteiger partial charge is 0.462 e. The van der Waals surface area contributed by atoms with Crippen LogP contribution in [0, 0.1) is 11.8 Å². The van der Waals surface area contributed by atoms with Gasteiger partial charge in [0.2, 0.25) is 0 Å². The predicted octanol–water partition coefficient (Wildman–Crippen LogP) is 3.43. The van der Waals surface area contributed by atoms with Crippen LogP contribution in [0.4, 0.5) is 0 Å². The summed E-state index contributed by atoms with van der Waals surface area (Å²) in [4.78, 5) is 13.8. The molecule has 1 spiro atoms. The number of fused-ring (bicyclic) bond motifs is 2. The standard InChI is InChI=1S/C31H42O8/c1-17-11-12-30(38-21(17)5)15-24-14-23(39-30)10-9-19(3)26(32)18(2)7-6-8-22-16-36-28-27(33)20(4)13-25(29(34)37-24)31(22,28)35/h6-9,11,13,18,21,23-28,32-33,35H,10,12,14-16H2,1-5H3/b7-6+,19-9+,22-8+/t18-,21+,23+,24-,25-,26-,27+,28+,30-,31+/m0/s1. The molecule has 2 fully saturated rings. The first kappa shape index (κ1) is 28.5. The molecule has 4 aliphatic heterocycles. The molecule has 10 atom stereocenters. The summed E-state index contributed by atoms with van der Waals surface area (Å²) in [6, 6.07) is 0. The number of aliphatic hydroxyl groups excluding tert-OH is 2. The Bertz CT molecular complexity index is 1130. The van der Waals surface area contributed by atoms with Gasteiger partial charge in [-0.15, -0.1) is 0 Å². The number of ether oxygens (including phenoxy) is 4. The molecule has 0 unspecified atom stereocenters. The lowest BCUT2D eigenvalue weighted by atomic mass is 9.71. The molecule has 1 aliphatic carbocycles. The van der Waals surface area contributed by atoms with E-state index in [1.54, 1.807) is 25.2 Å². The molecular formula is C31H42O8. The van der Waals surface area contributed by atoms with Crippen molar-refractivity contribution in [1.29, 1.82) is 0 Å². The van der Waals surface area contributed by atoms with Crippen LogP contribution >= 0.6 is 0 Å². The number of carbonyl (C=O) groups excluding carboxylic acids is 1. The van der Waals surface area contributed by atoms with Crippen molar-refractivity contribution in [3.05, 3.63) is 58.7 Å². The lowest BCUT2D eigenvalue weighted by molar-refractivity contribution is -0.308. The lowest BCUT2D eigenvalue weighted by Crippen LogP contribution is -2.58. The molecule has 0 aromatic rings. The normalized spacial score (nSPS) is 48.6. The molecule has 0 radical (unpaired) electrons. The van der Waals surface area contributed by atoms with Crippen molar-refractivity contribution in [3.8, 4) is 0 Å². The molecule has 39 heavy (non-hydrogen) atoms. The molecule has 214 valence electrons. The van der Waals surface area contributed by atoms with Crippen molar-refractivity contribution >= 4 is 5.97 Å². The Morgan fingerprint density at radius 2 is 1.74 bits per heavy atom. The van der Waals surface area contributed by atoms with Gasteiger partial charge in [0.25, 0.3) is 0 Å². The summed E-state index contributed by atoms with van der Waals surface area (Å²) in [5, 5.41) is 33.8. The van der Waals surface area contributed by atoms with Crippen LogP contribution in [-0.2, 0) is 23.7 Å². The summed E-state index contributed by atoms with van der Waals surface area (Å²) in [6.07, 6.45) is 9.34. The highest BCUT2D eigenvalue weighted by molar-refractivity contribution is 5.78. The number of allylic oxidation sites excluding steroid dienone is 2. The maximum absolute atomic E-state index is 13.8. The van der Waals surface area contributed by atoms with Gasteiger partial charge in [-0.3, -0.25) is 4.79 Å². The van der Waals surface area contributed by atoms with Gasteiger partial charge in [-0.2, -0.15) is 0 Å². The lowest BCUT2D eigenvalue weighted by Gasteiger charge is -2.47. The predicted molar refractivity (Wildman–Crippen MR) is 144 cm³/mol.